The molecule has 0 saturated carbocycles. The van der Waals surface area contributed by atoms with Crippen LogP contribution in [0.15, 0.2) is 67.0 Å². The van der Waals surface area contributed by atoms with E-state index >= 15 is 0 Å². The molecule has 6 heteroatoms. The molecular weight excluding hydrogens is 340 g/mol. The van der Waals surface area contributed by atoms with E-state index < -0.39 is 0 Å². The summed E-state index contributed by atoms with van der Waals surface area (Å²) < 4.78 is 10.8. The monoisotopic (exact) mass is 364 g/mol. The normalized spacial score (nSPS) is 10.3. The minimum atomic E-state index is 0.533. The summed E-state index contributed by atoms with van der Waals surface area (Å²) in [5.41, 5.74) is 1.24. The predicted octanol–water partition coefficient (Wildman–Crippen LogP) is 3.61. The average molecular weight is 364 g/mol. The summed E-state index contributed by atoms with van der Waals surface area (Å²) in [4.78, 5) is 10.7. The molecular formula is C21H24N4O2. The van der Waals surface area contributed by atoms with Crippen LogP contribution in [0.2, 0.25) is 0 Å². The predicted molar refractivity (Wildman–Crippen MR) is 108 cm³/mol. The van der Waals surface area contributed by atoms with Crippen LogP contribution in [0.1, 0.15) is 5.56 Å². The SMILES string of the molecule is COc1ccc(OCCNc2cc(N(C)Cc3ccccc3)ncn2)cc1. The van der Waals surface area contributed by atoms with Crippen LogP contribution in [0.4, 0.5) is 11.6 Å². The summed E-state index contributed by atoms with van der Waals surface area (Å²) >= 11 is 0. The summed E-state index contributed by atoms with van der Waals surface area (Å²) in [6.07, 6.45) is 1.57. The molecule has 0 atom stereocenters. The highest BCUT2D eigenvalue weighted by Crippen LogP contribution is 2.17. The van der Waals surface area contributed by atoms with Gasteiger partial charge in [-0.1, -0.05) is 30.3 Å². The number of anilines is 2. The smallest absolute Gasteiger partial charge is 0.134 e. The van der Waals surface area contributed by atoms with E-state index in [-0.39, 0.29) is 0 Å². The molecule has 0 aliphatic rings. The lowest BCUT2D eigenvalue weighted by Crippen LogP contribution is -2.18. The maximum absolute atomic E-state index is 5.71. The van der Waals surface area contributed by atoms with Crippen LogP contribution in [0.3, 0.4) is 0 Å². The fourth-order valence-electron chi connectivity index (χ4n) is 2.61. The van der Waals surface area contributed by atoms with Crippen molar-refractivity contribution in [2.75, 3.05) is 37.5 Å². The molecule has 0 bridgehead atoms. The van der Waals surface area contributed by atoms with Gasteiger partial charge in [0.1, 0.15) is 36.1 Å². The standard InChI is InChI=1S/C21H24N4O2/c1-25(15-17-6-4-3-5-7-17)21-14-20(23-16-24-21)22-12-13-27-19-10-8-18(26-2)9-11-19/h3-11,14,16H,12-13,15H2,1-2H3,(H,22,23,24). The lowest BCUT2D eigenvalue weighted by molar-refractivity contribution is 0.331. The van der Waals surface area contributed by atoms with E-state index in [0.717, 1.165) is 29.7 Å². The Morgan fingerprint density at radius 2 is 1.70 bits per heavy atom. The first-order chi connectivity index (χ1) is 13.2. The van der Waals surface area contributed by atoms with Crippen molar-refractivity contribution in [3.63, 3.8) is 0 Å². The van der Waals surface area contributed by atoms with E-state index in [1.54, 1.807) is 13.4 Å². The highest BCUT2D eigenvalue weighted by atomic mass is 16.5. The second-order valence-corrected chi connectivity index (χ2v) is 6.05. The van der Waals surface area contributed by atoms with Gasteiger partial charge in [0.15, 0.2) is 0 Å². The molecule has 0 radical (unpaired) electrons. The Hall–Kier alpha value is -3.28. The molecule has 6 nitrogen and oxygen atoms in total. The highest BCUT2D eigenvalue weighted by molar-refractivity contribution is 5.48. The van der Waals surface area contributed by atoms with Crippen molar-refractivity contribution < 1.29 is 9.47 Å². The van der Waals surface area contributed by atoms with Crippen molar-refractivity contribution in [3.05, 3.63) is 72.6 Å². The van der Waals surface area contributed by atoms with Crippen LogP contribution in [0.25, 0.3) is 0 Å². The average Bonchev–Trinajstić information content (AvgIpc) is 2.72. The molecule has 0 fully saturated rings. The summed E-state index contributed by atoms with van der Waals surface area (Å²) in [7, 11) is 3.67. The maximum Gasteiger partial charge on any atom is 0.134 e. The molecule has 1 N–H and O–H groups in total. The Morgan fingerprint density at radius 1 is 0.963 bits per heavy atom. The molecule has 0 unspecified atom stereocenters. The van der Waals surface area contributed by atoms with Gasteiger partial charge in [-0.15, -0.1) is 0 Å². The second kappa shape index (κ2) is 9.43. The van der Waals surface area contributed by atoms with Gasteiger partial charge in [0.25, 0.3) is 0 Å². The van der Waals surface area contributed by atoms with Crippen molar-refractivity contribution in [2.24, 2.45) is 0 Å². The van der Waals surface area contributed by atoms with Crippen LogP contribution in [-0.2, 0) is 6.54 Å². The Balaban J connectivity index is 1.48. The van der Waals surface area contributed by atoms with E-state index in [0.29, 0.717) is 13.2 Å². The van der Waals surface area contributed by atoms with Crippen LogP contribution >= 0.6 is 0 Å². The molecule has 0 spiro atoms. The lowest BCUT2D eigenvalue weighted by atomic mass is 10.2. The topological polar surface area (TPSA) is 59.5 Å². The molecule has 0 aliphatic carbocycles. The minimum absolute atomic E-state index is 0.533. The molecule has 0 saturated heterocycles. The Morgan fingerprint density at radius 3 is 2.44 bits per heavy atom. The molecule has 3 aromatic rings. The van der Waals surface area contributed by atoms with Crippen LogP contribution in [0, 0.1) is 0 Å². The molecule has 2 aromatic carbocycles. The fourth-order valence-corrected chi connectivity index (χ4v) is 2.61. The van der Waals surface area contributed by atoms with Crippen molar-refractivity contribution in [2.45, 2.75) is 6.54 Å². The molecule has 1 heterocycles. The number of benzene rings is 2. The molecule has 0 aliphatic heterocycles. The minimum Gasteiger partial charge on any atom is -0.497 e. The zero-order chi connectivity index (χ0) is 18.9. The van der Waals surface area contributed by atoms with E-state index in [2.05, 4.69) is 32.3 Å². The van der Waals surface area contributed by atoms with Gasteiger partial charge >= 0.3 is 0 Å². The third-order valence-electron chi connectivity index (χ3n) is 4.04. The quantitative estimate of drug-likeness (QED) is 0.585. The molecule has 1 aromatic heterocycles. The van der Waals surface area contributed by atoms with Crippen LogP contribution < -0.4 is 19.7 Å². The molecule has 3 rings (SSSR count). The van der Waals surface area contributed by atoms with Gasteiger partial charge in [-0.2, -0.15) is 0 Å². The van der Waals surface area contributed by atoms with Gasteiger partial charge in [0.2, 0.25) is 0 Å². The molecule has 0 amide bonds. The van der Waals surface area contributed by atoms with Gasteiger partial charge < -0.3 is 19.7 Å². The number of nitrogens with zero attached hydrogens (tertiary/aromatic N) is 3. The van der Waals surface area contributed by atoms with E-state index in [9.17, 15) is 0 Å². The second-order valence-electron chi connectivity index (χ2n) is 6.05. The Kier molecular flexibility index (Phi) is 6.46. The van der Waals surface area contributed by atoms with Gasteiger partial charge in [-0.3, -0.25) is 0 Å². The first kappa shape index (κ1) is 18.5. The molecule has 27 heavy (non-hydrogen) atoms. The summed E-state index contributed by atoms with van der Waals surface area (Å²) in [5, 5.41) is 3.27. The molecule has 140 valence electrons. The van der Waals surface area contributed by atoms with Crippen LogP contribution in [-0.4, -0.2) is 37.3 Å². The maximum atomic E-state index is 5.71. The first-order valence-electron chi connectivity index (χ1n) is 8.82. The number of hydrogen-bond acceptors (Lipinski definition) is 6. The van der Waals surface area contributed by atoms with E-state index in [4.69, 9.17) is 9.47 Å². The van der Waals surface area contributed by atoms with E-state index in [1.165, 1.54) is 5.56 Å². The third-order valence-corrected chi connectivity index (χ3v) is 4.04. The van der Waals surface area contributed by atoms with Crippen LogP contribution in [0.5, 0.6) is 11.5 Å². The number of ether oxygens (including phenoxy) is 2. The number of aromatic nitrogens is 2. The zero-order valence-corrected chi connectivity index (χ0v) is 15.6. The third kappa shape index (κ3) is 5.60. The summed E-state index contributed by atoms with van der Waals surface area (Å²) in [5.74, 6) is 3.27. The van der Waals surface area contributed by atoms with Crippen molar-refractivity contribution in [1.29, 1.82) is 0 Å². The summed E-state index contributed by atoms with van der Waals surface area (Å²) in [6.45, 7) is 1.97. The number of rotatable bonds is 9. The highest BCUT2D eigenvalue weighted by Gasteiger charge is 2.05. The van der Waals surface area contributed by atoms with Gasteiger partial charge in [-0.25, -0.2) is 9.97 Å². The van der Waals surface area contributed by atoms with Crippen molar-refractivity contribution in [1.82, 2.24) is 9.97 Å². The van der Waals surface area contributed by atoms with Crippen molar-refractivity contribution in [3.8, 4) is 11.5 Å². The van der Waals surface area contributed by atoms with E-state index in [1.807, 2.05) is 55.6 Å². The fraction of sp³-hybridized carbons (Fsp3) is 0.238. The zero-order valence-electron chi connectivity index (χ0n) is 15.6. The van der Waals surface area contributed by atoms with Crippen molar-refractivity contribution >= 4 is 11.6 Å². The lowest BCUT2D eigenvalue weighted by Gasteiger charge is -2.18. The first-order valence-corrected chi connectivity index (χ1v) is 8.82. The Bertz CT molecular complexity index is 825. The summed E-state index contributed by atoms with van der Waals surface area (Å²) in [6, 6.07) is 19.8. The largest absolute Gasteiger partial charge is 0.497 e. The number of methoxy groups -OCH3 is 1. The Labute approximate surface area is 159 Å². The number of nitrogens with one attached hydrogen (secondary N) is 1. The number of hydrogen-bond donors (Lipinski definition) is 1. The van der Waals surface area contributed by atoms with Gasteiger partial charge in [0.05, 0.1) is 13.7 Å². The van der Waals surface area contributed by atoms with Gasteiger partial charge in [-0.05, 0) is 29.8 Å². The van der Waals surface area contributed by atoms with Gasteiger partial charge in [0, 0.05) is 19.7 Å².